The number of terminal acetylenes is 1. The summed E-state index contributed by atoms with van der Waals surface area (Å²) in [7, 11) is 0. The maximum atomic E-state index is 11.7. The number of ether oxygens (including phenoxy) is 1. The van der Waals surface area contributed by atoms with E-state index >= 15 is 0 Å². The smallest absolute Gasteiger partial charge is 0.311 e. The summed E-state index contributed by atoms with van der Waals surface area (Å²) < 4.78 is 4.84. The lowest BCUT2D eigenvalue weighted by Gasteiger charge is -2.22. The van der Waals surface area contributed by atoms with Crippen LogP contribution in [0.4, 0.5) is 0 Å². The van der Waals surface area contributed by atoms with Gasteiger partial charge in [0.15, 0.2) is 6.61 Å². The number of carbonyl (C=O) groups is 2. The summed E-state index contributed by atoms with van der Waals surface area (Å²) in [6.45, 7) is -0.0945. The van der Waals surface area contributed by atoms with E-state index in [-0.39, 0.29) is 18.4 Å². The number of rotatable bonds is 3. The van der Waals surface area contributed by atoms with Gasteiger partial charge in [0.05, 0.1) is 11.8 Å². The van der Waals surface area contributed by atoms with Crippen LogP contribution in [0.5, 0.6) is 0 Å². The molecule has 2 aliphatic rings. The van der Waals surface area contributed by atoms with Gasteiger partial charge in [-0.2, -0.15) is 0 Å². The van der Waals surface area contributed by atoms with Crippen molar-refractivity contribution in [2.75, 3.05) is 6.61 Å². The molecule has 2 bridgehead atoms. The minimum Gasteiger partial charge on any atom is -0.481 e. The highest BCUT2D eigenvalue weighted by Gasteiger charge is 2.52. The molecular formula is C12H12O4. The number of hydrogen-bond acceptors (Lipinski definition) is 3. The van der Waals surface area contributed by atoms with E-state index in [1.165, 1.54) is 0 Å². The highest BCUT2D eigenvalue weighted by atomic mass is 16.5. The molecule has 84 valence electrons. The van der Waals surface area contributed by atoms with Crippen molar-refractivity contribution in [2.24, 2.45) is 23.7 Å². The fraction of sp³-hybridized carbons (Fsp3) is 0.500. The van der Waals surface area contributed by atoms with E-state index in [1.807, 2.05) is 12.2 Å². The Morgan fingerprint density at radius 1 is 1.38 bits per heavy atom. The predicted molar refractivity (Wildman–Crippen MR) is 55.1 cm³/mol. The largest absolute Gasteiger partial charge is 0.481 e. The van der Waals surface area contributed by atoms with Crippen molar-refractivity contribution in [3.8, 4) is 12.3 Å². The van der Waals surface area contributed by atoms with Crippen molar-refractivity contribution in [3.05, 3.63) is 12.2 Å². The molecule has 0 amide bonds. The minimum absolute atomic E-state index is 0.00336. The number of allylic oxidation sites excluding steroid dienone is 2. The summed E-state index contributed by atoms with van der Waals surface area (Å²) in [5.41, 5.74) is 0. The van der Waals surface area contributed by atoms with E-state index in [1.54, 1.807) is 0 Å². The van der Waals surface area contributed by atoms with Gasteiger partial charge in [0.2, 0.25) is 0 Å². The topological polar surface area (TPSA) is 63.6 Å². The van der Waals surface area contributed by atoms with Gasteiger partial charge >= 0.3 is 11.9 Å². The molecule has 4 atom stereocenters. The third kappa shape index (κ3) is 1.58. The van der Waals surface area contributed by atoms with Crippen LogP contribution in [0.2, 0.25) is 0 Å². The first-order valence-electron chi connectivity index (χ1n) is 5.16. The van der Waals surface area contributed by atoms with Gasteiger partial charge < -0.3 is 9.84 Å². The lowest BCUT2D eigenvalue weighted by atomic mass is 9.83. The molecule has 0 saturated heterocycles. The van der Waals surface area contributed by atoms with Crippen LogP contribution in [-0.2, 0) is 14.3 Å². The van der Waals surface area contributed by atoms with Crippen LogP contribution in [0.3, 0.4) is 0 Å². The maximum Gasteiger partial charge on any atom is 0.311 e. The SMILES string of the molecule is C#CCOC(=O)[C@@H]1[C@@H](C(=O)O)[C@@H]2C=C[C@H]1C2. The zero-order valence-corrected chi connectivity index (χ0v) is 8.63. The Morgan fingerprint density at radius 3 is 2.56 bits per heavy atom. The Morgan fingerprint density at radius 2 is 2.00 bits per heavy atom. The summed E-state index contributed by atoms with van der Waals surface area (Å²) in [5.74, 6) is -0.474. The van der Waals surface area contributed by atoms with Gasteiger partial charge in [0, 0.05) is 0 Å². The summed E-state index contributed by atoms with van der Waals surface area (Å²) in [4.78, 5) is 22.8. The predicted octanol–water partition coefficient (Wildman–Crippen LogP) is 0.686. The molecule has 0 aliphatic heterocycles. The summed E-state index contributed by atoms with van der Waals surface area (Å²) in [6.07, 6.45) is 9.51. The molecule has 0 heterocycles. The van der Waals surface area contributed by atoms with Crippen LogP contribution in [0.1, 0.15) is 6.42 Å². The number of carboxylic acids is 1. The molecule has 0 aromatic rings. The molecule has 4 nitrogen and oxygen atoms in total. The van der Waals surface area contributed by atoms with Gasteiger partial charge in [0.1, 0.15) is 0 Å². The number of fused-ring (bicyclic) bond motifs is 2. The van der Waals surface area contributed by atoms with Gasteiger partial charge in [-0.1, -0.05) is 18.1 Å². The average Bonchev–Trinajstić information content (AvgIpc) is 2.84. The van der Waals surface area contributed by atoms with Crippen LogP contribution in [0, 0.1) is 36.0 Å². The highest BCUT2D eigenvalue weighted by molar-refractivity contribution is 5.83. The Labute approximate surface area is 93.3 Å². The first-order chi connectivity index (χ1) is 7.65. The molecule has 16 heavy (non-hydrogen) atoms. The van der Waals surface area contributed by atoms with Crippen LogP contribution < -0.4 is 0 Å². The molecule has 0 aromatic heterocycles. The molecule has 1 saturated carbocycles. The molecular weight excluding hydrogens is 208 g/mol. The number of carboxylic acid groups (broad SMARTS) is 1. The van der Waals surface area contributed by atoms with E-state index in [4.69, 9.17) is 16.3 Å². The Hall–Kier alpha value is -1.76. The molecule has 0 aromatic carbocycles. The second kappa shape index (κ2) is 4.01. The average molecular weight is 220 g/mol. The maximum absolute atomic E-state index is 11.7. The fourth-order valence-electron chi connectivity index (χ4n) is 2.69. The zero-order valence-electron chi connectivity index (χ0n) is 8.63. The van der Waals surface area contributed by atoms with E-state index in [2.05, 4.69) is 5.92 Å². The van der Waals surface area contributed by atoms with Crippen molar-refractivity contribution >= 4 is 11.9 Å². The van der Waals surface area contributed by atoms with Crippen LogP contribution in [0.15, 0.2) is 12.2 Å². The Balaban J connectivity index is 2.14. The van der Waals surface area contributed by atoms with Crippen LogP contribution in [-0.4, -0.2) is 23.7 Å². The van der Waals surface area contributed by atoms with Crippen molar-refractivity contribution < 1.29 is 19.4 Å². The lowest BCUT2D eigenvalue weighted by molar-refractivity contribution is -0.157. The quantitative estimate of drug-likeness (QED) is 0.431. The summed E-state index contributed by atoms with van der Waals surface area (Å²) in [5, 5.41) is 9.10. The third-order valence-corrected chi connectivity index (χ3v) is 3.31. The normalized spacial score (nSPS) is 34.7. The van der Waals surface area contributed by atoms with Gasteiger partial charge in [-0.3, -0.25) is 9.59 Å². The van der Waals surface area contributed by atoms with Gasteiger partial charge in [-0.05, 0) is 18.3 Å². The molecule has 1 N–H and O–H groups in total. The van der Waals surface area contributed by atoms with E-state index in [0.717, 1.165) is 6.42 Å². The van der Waals surface area contributed by atoms with E-state index in [9.17, 15) is 9.59 Å². The highest BCUT2D eigenvalue weighted by Crippen LogP contribution is 2.48. The summed E-state index contributed by atoms with van der Waals surface area (Å²) >= 11 is 0. The number of hydrogen-bond donors (Lipinski definition) is 1. The first-order valence-corrected chi connectivity index (χ1v) is 5.16. The monoisotopic (exact) mass is 220 g/mol. The third-order valence-electron chi connectivity index (χ3n) is 3.31. The second-order valence-electron chi connectivity index (χ2n) is 4.15. The Kier molecular flexibility index (Phi) is 2.69. The van der Waals surface area contributed by atoms with Gasteiger partial charge in [-0.15, -0.1) is 6.42 Å². The van der Waals surface area contributed by atoms with Crippen LogP contribution in [0.25, 0.3) is 0 Å². The van der Waals surface area contributed by atoms with Crippen molar-refractivity contribution in [1.29, 1.82) is 0 Å². The molecule has 2 rings (SSSR count). The molecule has 4 heteroatoms. The van der Waals surface area contributed by atoms with Gasteiger partial charge in [-0.25, -0.2) is 0 Å². The van der Waals surface area contributed by atoms with Crippen molar-refractivity contribution in [3.63, 3.8) is 0 Å². The zero-order chi connectivity index (χ0) is 11.7. The van der Waals surface area contributed by atoms with E-state index < -0.39 is 23.8 Å². The van der Waals surface area contributed by atoms with E-state index in [0.29, 0.717) is 0 Å². The lowest BCUT2D eigenvalue weighted by Crippen LogP contribution is -2.34. The van der Waals surface area contributed by atoms with Crippen molar-refractivity contribution in [2.45, 2.75) is 6.42 Å². The molecule has 0 radical (unpaired) electrons. The molecule has 2 aliphatic carbocycles. The Bertz CT molecular complexity index is 390. The summed E-state index contributed by atoms with van der Waals surface area (Å²) in [6, 6.07) is 0. The standard InChI is InChI=1S/C12H12O4/c1-2-5-16-12(15)10-8-4-3-7(6-8)9(10)11(13)14/h1,3-4,7-10H,5-6H2,(H,13,14)/t7-,8+,9+,10+/m1/s1. The fourth-order valence-corrected chi connectivity index (χ4v) is 2.69. The molecule has 0 spiro atoms. The molecule has 1 fully saturated rings. The first kappa shape index (κ1) is 10.7. The van der Waals surface area contributed by atoms with Gasteiger partial charge in [0.25, 0.3) is 0 Å². The molecule has 0 unspecified atom stereocenters. The van der Waals surface area contributed by atoms with Crippen molar-refractivity contribution in [1.82, 2.24) is 0 Å². The second-order valence-corrected chi connectivity index (χ2v) is 4.15. The minimum atomic E-state index is -0.931. The number of aliphatic carboxylic acids is 1. The van der Waals surface area contributed by atoms with Crippen LogP contribution >= 0.6 is 0 Å². The number of esters is 1. The number of carbonyl (C=O) groups excluding carboxylic acids is 1.